The van der Waals surface area contributed by atoms with Gasteiger partial charge in [-0.1, -0.05) is 39.3 Å². The van der Waals surface area contributed by atoms with Crippen molar-refractivity contribution >= 4 is 23.5 Å². The van der Waals surface area contributed by atoms with E-state index in [9.17, 15) is 19.5 Å². The molecular weight excluding hydrogens is 376 g/mol. The minimum Gasteiger partial charge on any atom is -0.506 e. The Morgan fingerprint density at radius 3 is 2.38 bits per heavy atom. The maximum absolute atomic E-state index is 13.2. The van der Waals surface area contributed by atoms with Gasteiger partial charge in [-0.05, 0) is 36.3 Å². The van der Waals surface area contributed by atoms with Gasteiger partial charge in [0, 0.05) is 6.54 Å². The molecule has 0 spiro atoms. The maximum Gasteiger partial charge on any atom is 0.320 e. The van der Waals surface area contributed by atoms with Gasteiger partial charge in [0.05, 0.1) is 5.69 Å². The molecule has 9 nitrogen and oxygen atoms in total. The SMILES string of the molecule is CC(C)(C)C(NC(=O)Nc1ccccc1O)C(=O)N(CC(=O)NO)CC1CCC1. The molecule has 1 unspecified atom stereocenters. The van der Waals surface area contributed by atoms with Crippen LogP contribution in [0.25, 0.3) is 0 Å². The van der Waals surface area contributed by atoms with Gasteiger partial charge in [-0.15, -0.1) is 0 Å². The number of hydrogen-bond donors (Lipinski definition) is 5. The normalized spacial score (nSPS) is 15.0. The predicted octanol–water partition coefficient (Wildman–Crippen LogP) is 2.06. The van der Waals surface area contributed by atoms with Crippen molar-refractivity contribution in [1.82, 2.24) is 15.7 Å². The predicted molar refractivity (Wildman–Crippen MR) is 107 cm³/mol. The number of carbonyl (C=O) groups is 3. The number of nitrogens with zero attached hydrogens (tertiary/aromatic N) is 1. The van der Waals surface area contributed by atoms with E-state index in [1.165, 1.54) is 17.0 Å². The minimum atomic E-state index is -0.917. The molecule has 0 radical (unpaired) electrons. The Balaban J connectivity index is 2.15. The molecule has 1 aromatic rings. The highest BCUT2D eigenvalue weighted by Gasteiger charge is 2.37. The molecule has 5 N–H and O–H groups in total. The number of hydroxylamine groups is 1. The average Bonchev–Trinajstić information content (AvgIpc) is 2.61. The first-order valence-corrected chi connectivity index (χ1v) is 9.69. The van der Waals surface area contributed by atoms with Crippen LogP contribution >= 0.6 is 0 Å². The summed E-state index contributed by atoms with van der Waals surface area (Å²) >= 11 is 0. The van der Waals surface area contributed by atoms with Crippen LogP contribution < -0.4 is 16.1 Å². The molecule has 1 fully saturated rings. The van der Waals surface area contributed by atoms with E-state index in [0.29, 0.717) is 12.5 Å². The second-order valence-corrected chi connectivity index (χ2v) is 8.47. The zero-order valence-electron chi connectivity index (χ0n) is 17.1. The quantitative estimate of drug-likeness (QED) is 0.269. The van der Waals surface area contributed by atoms with Crippen molar-refractivity contribution in [2.75, 3.05) is 18.4 Å². The summed E-state index contributed by atoms with van der Waals surface area (Å²) < 4.78 is 0. The molecule has 0 saturated heterocycles. The van der Waals surface area contributed by atoms with Crippen LogP contribution in [-0.2, 0) is 9.59 Å². The molecule has 1 aliphatic rings. The monoisotopic (exact) mass is 406 g/mol. The lowest BCUT2D eigenvalue weighted by Gasteiger charge is -2.37. The van der Waals surface area contributed by atoms with Crippen LogP contribution in [-0.4, -0.2) is 52.2 Å². The summed E-state index contributed by atoms with van der Waals surface area (Å²) in [5.74, 6) is -0.877. The summed E-state index contributed by atoms with van der Waals surface area (Å²) in [5, 5.41) is 23.9. The Hall–Kier alpha value is -2.81. The van der Waals surface area contributed by atoms with Crippen molar-refractivity contribution in [3.8, 4) is 5.75 Å². The smallest absolute Gasteiger partial charge is 0.320 e. The number of phenols is 1. The van der Waals surface area contributed by atoms with E-state index in [1.54, 1.807) is 17.6 Å². The number of rotatable bonds is 7. The second-order valence-electron chi connectivity index (χ2n) is 8.47. The number of anilines is 1. The van der Waals surface area contributed by atoms with Crippen LogP contribution in [0, 0.1) is 11.3 Å². The Kier molecular flexibility index (Phi) is 7.44. The molecule has 1 aromatic carbocycles. The van der Waals surface area contributed by atoms with Gasteiger partial charge in [0.15, 0.2) is 0 Å². The third kappa shape index (κ3) is 6.35. The zero-order valence-corrected chi connectivity index (χ0v) is 17.1. The fourth-order valence-corrected chi connectivity index (χ4v) is 3.13. The number of benzene rings is 1. The Morgan fingerprint density at radius 2 is 1.86 bits per heavy atom. The highest BCUT2D eigenvalue weighted by atomic mass is 16.5. The number of carbonyl (C=O) groups excluding carboxylic acids is 3. The molecule has 2 rings (SSSR count). The summed E-state index contributed by atoms with van der Waals surface area (Å²) in [6.45, 7) is 5.53. The summed E-state index contributed by atoms with van der Waals surface area (Å²) in [4.78, 5) is 38.8. The van der Waals surface area contributed by atoms with E-state index in [1.807, 2.05) is 20.8 Å². The van der Waals surface area contributed by atoms with Crippen LogP contribution in [0.2, 0.25) is 0 Å². The second kappa shape index (κ2) is 9.60. The Morgan fingerprint density at radius 1 is 1.21 bits per heavy atom. The molecule has 1 saturated carbocycles. The van der Waals surface area contributed by atoms with Crippen molar-refractivity contribution in [2.45, 2.75) is 46.1 Å². The highest BCUT2D eigenvalue weighted by Crippen LogP contribution is 2.29. The van der Waals surface area contributed by atoms with Crippen molar-refractivity contribution in [3.63, 3.8) is 0 Å². The number of para-hydroxylation sites is 2. The lowest BCUT2D eigenvalue weighted by Crippen LogP contribution is -2.57. The molecule has 4 amide bonds. The lowest BCUT2D eigenvalue weighted by atomic mass is 9.83. The molecule has 1 atom stereocenters. The lowest BCUT2D eigenvalue weighted by molar-refractivity contribution is -0.143. The minimum absolute atomic E-state index is 0.0903. The number of aromatic hydroxyl groups is 1. The van der Waals surface area contributed by atoms with Crippen LogP contribution in [0.3, 0.4) is 0 Å². The molecule has 29 heavy (non-hydrogen) atoms. The van der Waals surface area contributed by atoms with Gasteiger partial charge in [0.2, 0.25) is 5.91 Å². The van der Waals surface area contributed by atoms with Crippen molar-refractivity contribution in [2.24, 2.45) is 11.3 Å². The van der Waals surface area contributed by atoms with Gasteiger partial charge in [0.1, 0.15) is 18.3 Å². The summed E-state index contributed by atoms with van der Waals surface area (Å²) in [6, 6.07) is 4.71. The maximum atomic E-state index is 13.2. The fourth-order valence-electron chi connectivity index (χ4n) is 3.13. The third-order valence-electron chi connectivity index (χ3n) is 5.01. The van der Waals surface area contributed by atoms with Crippen LogP contribution in [0.5, 0.6) is 5.75 Å². The Bertz CT molecular complexity index is 743. The van der Waals surface area contributed by atoms with Gasteiger partial charge < -0.3 is 20.6 Å². The molecule has 1 aliphatic carbocycles. The van der Waals surface area contributed by atoms with E-state index < -0.39 is 29.3 Å². The number of hydrogen-bond acceptors (Lipinski definition) is 5. The molecular formula is C20H30N4O5. The van der Waals surface area contributed by atoms with Gasteiger partial charge in [-0.3, -0.25) is 14.8 Å². The summed E-state index contributed by atoms with van der Waals surface area (Å²) in [7, 11) is 0. The number of amides is 4. The first-order valence-electron chi connectivity index (χ1n) is 9.69. The highest BCUT2D eigenvalue weighted by molar-refractivity contribution is 5.95. The van der Waals surface area contributed by atoms with E-state index in [0.717, 1.165) is 19.3 Å². The van der Waals surface area contributed by atoms with E-state index in [2.05, 4.69) is 10.6 Å². The standard InChI is InChI=1S/C20H30N4O5/c1-20(2,3)17(22-19(28)21-14-9-4-5-10-15(14)25)18(27)24(12-16(26)23-29)11-13-7-6-8-13/h4-5,9-10,13,17,25,29H,6-8,11-12H2,1-3H3,(H,23,26)(H2,21,22,28). The number of nitrogens with one attached hydrogen (secondary N) is 3. The third-order valence-corrected chi connectivity index (χ3v) is 5.01. The first-order chi connectivity index (χ1) is 13.6. The van der Waals surface area contributed by atoms with Gasteiger partial charge in [-0.2, -0.15) is 0 Å². The summed E-state index contributed by atoms with van der Waals surface area (Å²) in [5.41, 5.74) is 1.14. The van der Waals surface area contributed by atoms with Crippen molar-refractivity contribution in [3.05, 3.63) is 24.3 Å². The number of urea groups is 1. The largest absolute Gasteiger partial charge is 0.506 e. The molecule has 0 aliphatic heterocycles. The van der Waals surface area contributed by atoms with Crippen LogP contribution in [0.1, 0.15) is 40.0 Å². The fraction of sp³-hybridized carbons (Fsp3) is 0.550. The summed E-state index contributed by atoms with van der Waals surface area (Å²) in [6.07, 6.45) is 3.04. The first kappa shape index (κ1) is 22.5. The van der Waals surface area contributed by atoms with Gasteiger partial charge in [-0.25, -0.2) is 10.3 Å². The zero-order chi connectivity index (χ0) is 21.6. The molecule has 160 valence electrons. The van der Waals surface area contributed by atoms with E-state index in [-0.39, 0.29) is 18.0 Å². The average molecular weight is 406 g/mol. The number of phenolic OH excluding ortho intramolecular Hbond substituents is 1. The van der Waals surface area contributed by atoms with Crippen molar-refractivity contribution in [1.29, 1.82) is 0 Å². The van der Waals surface area contributed by atoms with Crippen LogP contribution in [0.4, 0.5) is 10.5 Å². The van der Waals surface area contributed by atoms with E-state index >= 15 is 0 Å². The molecule has 0 heterocycles. The molecule has 9 heteroatoms. The topological polar surface area (TPSA) is 131 Å². The molecule has 0 aromatic heterocycles. The van der Waals surface area contributed by atoms with Crippen molar-refractivity contribution < 1.29 is 24.7 Å². The van der Waals surface area contributed by atoms with E-state index in [4.69, 9.17) is 5.21 Å². The molecule has 0 bridgehead atoms. The van der Waals surface area contributed by atoms with Gasteiger partial charge in [0.25, 0.3) is 5.91 Å². The van der Waals surface area contributed by atoms with Gasteiger partial charge >= 0.3 is 6.03 Å². The van der Waals surface area contributed by atoms with Crippen LogP contribution in [0.15, 0.2) is 24.3 Å². The Labute approximate surface area is 170 Å².